The van der Waals surface area contributed by atoms with Crippen molar-refractivity contribution in [3.8, 4) is 11.3 Å². The Morgan fingerprint density at radius 2 is 1.91 bits per heavy atom. The topological polar surface area (TPSA) is 63.4 Å². The number of amides is 1. The Hall–Kier alpha value is -3.46. The van der Waals surface area contributed by atoms with Gasteiger partial charge in [0.1, 0.15) is 5.02 Å². The number of pyridine rings is 1. The van der Waals surface area contributed by atoms with E-state index in [4.69, 9.17) is 11.6 Å². The van der Waals surface area contributed by atoms with Crippen molar-refractivity contribution in [2.75, 3.05) is 13.6 Å². The predicted octanol–water partition coefficient (Wildman–Crippen LogP) is 4.88. The van der Waals surface area contributed by atoms with Crippen LogP contribution in [0.3, 0.4) is 0 Å². The molecule has 0 bridgehead atoms. The number of likely N-dealkylation sites (N-methyl/N-ethyl adjacent to an activating group) is 1. The lowest BCUT2D eigenvalue weighted by Crippen LogP contribution is -2.29. The Kier molecular flexibility index (Phi) is 5.51. The first kappa shape index (κ1) is 22.3. The molecule has 0 radical (unpaired) electrons. The molecule has 0 atom stereocenters. The average molecular weight is 486 g/mol. The lowest BCUT2D eigenvalue weighted by molar-refractivity contribution is -0.143. The highest BCUT2D eigenvalue weighted by Gasteiger charge is 2.41. The maximum Gasteiger partial charge on any atom is 0.433 e. The molecule has 0 saturated heterocycles. The van der Waals surface area contributed by atoms with Gasteiger partial charge in [0.2, 0.25) is 0 Å². The van der Waals surface area contributed by atoms with Gasteiger partial charge in [-0.05, 0) is 30.5 Å². The van der Waals surface area contributed by atoms with Crippen molar-refractivity contribution in [3.63, 3.8) is 0 Å². The Morgan fingerprint density at radius 3 is 2.65 bits per heavy atom. The molecular weight excluding hydrogens is 467 g/mol. The molecular formula is C24H19ClF3N5O. The summed E-state index contributed by atoms with van der Waals surface area (Å²) in [4.78, 5) is 23.1. The summed E-state index contributed by atoms with van der Waals surface area (Å²) in [5.41, 5.74) is 1.22. The molecule has 1 aliphatic carbocycles. The van der Waals surface area contributed by atoms with E-state index in [0.29, 0.717) is 29.5 Å². The van der Waals surface area contributed by atoms with E-state index in [-0.39, 0.29) is 34.0 Å². The molecule has 0 N–H and O–H groups in total. The lowest BCUT2D eigenvalue weighted by Gasteiger charge is -2.23. The van der Waals surface area contributed by atoms with Gasteiger partial charge in [-0.1, -0.05) is 41.9 Å². The summed E-state index contributed by atoms with van der Waals surface area (Å²) in [6.07, 6.45) is -1.96. The minimum absolute atomic E-state index is 0.0559. The zero-order valence-corrected chi connectivity index (χ0v) is 18.9. The quantitative estimate of drug-likeness (QED) is 0.413. The lowest BCUT2D eigenvalue weighted by atomic mass is 9.88. The molecule has 5 rings (SSSR count). The number of aryl methyl sites for hydroxylation is 1. The highest BCUT2D eigenvalue weighted by molar-refractivity contribution is 6.36. The molecule has 1 amide bonds. The van der Waals surface area contributed by atoms with Crippen LogP contribution in [0.15, 0.2) is 48.7 Å². The fourth-order valence-electron chi connectivity index (χ4n) is 4.28. The van der Waals surface area contributed by atoms with Gasteiger partial charge in [0.05, 0.1) is 5.69 Å². The van der Waals surface area contributed by atoms with E-state index in [1.165, 1.54) is 4.90 Å². The van der Waals surface area contributed by atoms with Crippen molar-refractivity contribution < 1.29 is 18.0 Å². The summed E-state index contributed by atoms with van der Waals surface area (Å²) in [6.45, 7) is 0.295. The van der Waals surface area contributed by atoms with Crippen LogP contribution < -0.4 is 0 Å². The van der Waals surface area contributed by atoms with Crippen molar-refractivity contribution in [2.24, 2.45) is 0 Å². The normalized spacial score (nSPS) is 13.0. The number of halogens is 4. The van der Waals surface area contributed by atoms with Crippen molar-refractivity contribution >= 4 is 23.2 Å². The SMILES string of the molecule is CN(CCc1ccccn1)C(=O)c1nn2c(C(F)(F)F)c3c(nc2c1Cl)-c1ccccc1CC3. The fourth-order valence-corrected chi connectivity index (χ4v) is 4.52. The Labute approximate surface area is 198 Å². The van der Waals surface area contributed by atoms with Crippen LogP contribution in [-0.4, -0.2) is 44.0 Å². The Bertz CT molecular complexity index is 1400. The van der Waals surface area contributed by atoms with Gasteiger partial charge in [-0.15, -0.1) is 0 Å². The molecule has 1 aromatic carbocycles. The van der Waals surface area contributed by atoms with Crippen LogP contribution >= 0.6 is 11.6 Å². The number of alkyl halides is 3. The third-order valence-electron chi connectivity index (χ3n) is 5.97. The first-order valence-corrected chi connectivity index (χ1v) is 11.1. The second kappa shape index (κ2) is 8.39. The molecule has 3 aromatic heterocycles. The van der Waals surface area contributed by atoms with Crippen LogP contribution in [0.4, 0.5) is 13.2 Å². The Morgan fingerprint density at radius 1 is 1.15 bits per heavy atom. The molecule has 174 valence electrons. The molecule has 6 nitrogen and oxygen atoms in total. The van der Waals surface area contributed by atoms with Crippen molar-refractivity contribution in [3.05, 3.63) is 81.9 Å². The average Bonchev–Trinajstić information content (AvgIpc) is 3.16. The number of carbonyl (C=O) groups is 1. The third kappa shape index (κ3) is 3.79. The van der Waals surface area contributed by atoms with E-state index in [9.17, 15) is 18.0 Å². The van der Waals surface area contributed by atoms with Crippen molar-refractivity contribution in [1.82, 2.24) is 24.5 Å². The summed E-state index contributed by atoms with van der Waals surface area (Å²) in [7, 11) is 1.55. The molecule has 3 heterocycles. The Balaban J connectivity index is 1.59. The highest BCUT2D eigenvalue weighted by Crippen LogP contribution is 2.41. The maximum absolute atomic E-state index is 14.3. The number of hydrogen-bond acceptors (Lipinski definition) is 4. The van der Waals surface area contributed by atoms with Gasteiger partial charge in [-0.25, -0.2) is 9.50 Å². The van der Waals surface area contributed by atoms with E-state index in [1.807, 2.05) is 24.3 Å². The molecule has 4 aromatic rings. The number of fused-ring (bicyclic) bond motifs is 4. The van der Waals surface area contributed by atoms with Gasteiger partial charge in [0.15, 0.2) is 17.0 Å². The van der Waals surface area contributed by atoms with Gasteiger partial charge in [-0.3, -0.25) is 9.78 Å². The summed E-state index contributed by atoms with van der Waals surface area (Å²) in [5, 5.41) is 3.81. The maximum atomic E-state index is 14.3. The zero-order valence-electron chi connectivity index (χ0n) is 18.1. The molecule has 0 aliphatic heterocycles. The summed E-state index contributed by atoms with van der Waals surface area (Å²) in [5.74, 6) is -0.585. The van der Waals surface area contributed by atoms with Crippen LogP contribution in [0.25, 0.3) is 16.9 Å². The van der Waals surface area contributed by atoms with E-state index in [0.717, 1.165) is 11.3 Å². The van der Waals surface area contributed by atoms with Crippen LogP contribution in [0.1, 0.15) is 33.0 Å². The van der Waals surface area contributed by atoms with Crippen LogP contribution in [0.5, 0.6) is 0 Å². The van der Waals surface area contributed by atoms with Crippen molar-refractivity contribution in [2.45, 2.75) is 25.4 Å². The second-order valence-corrected chi connectivity index (χ2v) is 8.52. The van der Waals surface area contributed by atoms with Gasteiger partial charge < -0.3 is 4.90 Å². The van der Waals surface area contributed by atoms with Crippen LogP contribution in [-0.2, 0) is 25.4 Å². The zero-order chi connectivity index (χ0) is 24.0. The number of benzene rings is 1. The summed E-state index contributed by atoms with van der Waals surface area (Å²) >= 11 is 6.43. The third-order valence-corrected chi connectivity index (χ3v) is 6.32. The van der Waals surface area contributed by atoms with E-state index in [2.05, 4.69) is 15.1 Å². The number of rotatable bonds is 4. The first-order chi connectivity index (χ1) is 16.3. The largest absolute Gasteiger partial charge is 0.433 e. The number of hydrogen-bond donors (Lipinski definition) is 0. The highest BCUT2D eigenvalue weighted by atomic mass is 35.5. The minimum Gasteiger partial charge on any atom is -0.340 e. The molecule has 0 unspecified atom stereocenters. The molecule has 0 saturated carbocycles. The van der Waals surface area contributed by atoms with Crippen molar-refractivity contribution in [1.29, 1.82) is 0 Å². The van der Waals surface area contributed by atoms with Gasteiger partial charge in [0, 0.05) is 43.0 Å². The van der Waals surface area contributed by atoms with E-state index in [1.54, 1.807) is 31.4 Å². The molecule has 1 aliphatic rings. The summed E-state index contributed by atoms with van der Waals surface area (Å²) < 4.78 is 43.4. The number of carbonyl (C=O) groups excluding carboxylic acids is 1. The van der Waals surface area contributed by atoms with Gasteiger partial charge in [0.25, 0.3) is 5.91 Å². The number of aromatic nitrogens is 4. The molecule has 10 heteroatoms. The van der Waals surface area contributed by atoms with Gasteiger partial charge >= 0.3 is 6.18 Å². The first-order valence-electron chi connectivity index (χ1n) is 10.7. The molecule has 34 heavy (non-hydrogen) atoms. The smallest absolute Gasteiger partial charge is 0.340 e. The number of nitrogens with zero attached hydrogens (tertiary/aromatic N) is 5. The minimum atomic E-state index is -4.71. The fraction of sp³-hybridized carbons (Fsp3) is 0.250. The van der Waals surface area contributed by atoms with Gasteiger partial charge in [-0.2, -0.15) is 18.3 Å². The molecule has 0 fully saturated rings. The molecule has 0 spiro atoms. The van der Waals surface area contributed by atoms with Crippen LogP contribution in [0, 0.1) is 0 Å². The second-order valence-electron chi connectivity index (χ2n) is 8.14. The van der Waals surface area contributed by atoms with Crippen LogP contribution in [0.2, 0.25) is 5.02 Å². The van der Waals surface area contributed by atoms with E-state index < -0.39 is 17.8 Å². The predicted molar refractivity (Wildman–Crippen MR) is 121 cm³/mol. The summed E-state index contributed by atoms with van der Waals surface area (Å²) in [6, 6.07) is 12.7. The monoisotopic (exact) mass is 485 g/mol. The van der Waals surface area contributed by atoms with E-state index >= 15 is 0 Å². The standard InChI is InChI=1S/C24H19ClF3N5O/c1-32(13-11-15-7-4-5-12-29-15)23(34)20-18(25)22-30-19-16-8-3-2-6-14(16)9-10-17(19)21(24(26,27)28)33(22)31-20/h2-8,12H,9-11,13H2,1H3.